The molecule has 0 saturated carbocycles. The molecular formula is C20H28N2O3S2. The zero-order valence-electron chi connectivity index (χ0n) is 16.2. The van der Waals surface area contributed by atoms with Crippen molar-refractivity contribution >= 4 is 45.9 Å². The molecule has 0 spiro atoms. The Morgan fingerprint density at radius 1 is 1.33 bits per heavy atom. The number of aryl methyl sites for hydroxylation is 2. The van der Waals surface area contributed by atoms with Crippen molar-refractivity contribution in [2.75, 3.05) is 30.8 Å². The minimum Gasteiger partial charge on any atom is -0.455 e. The molecule has 0 aliphatic carbocycles. The lowest BCUT2D eigenvalue weighted by atomic mass is 10.00. The molecule has 7 heteroatoms. The number of piperidine rings is 1. The van der Waals surface area contributed by atoms with Crippen molar-refractivity contribution in [2.24, 2.45) is 5.92 Å². The van der Waals surface area contributed by atoms with Crippen LogP contribution in [0.3, 0.4) is 0 Å². The van der Waals surface area contributed by atoms with Crippen LogP contribution in [0.15, 0.2) is 18.2 Å². The summed E-state index contributed by atoms with van der Waals surface area (Å²) < 4.78 is 5.83. The average Bonchev–Trinajstić information content (AvgIpc) is 2.66. The smallest absolute Gasteiger partial charge is 0.316 e. The first-order valence-electron chi connectivity index (χ1n) is 9.36. The number of carbonyl (C=O) groups excluding carboxylic acids is 2. The van der Waals surface area contributed by atoms with Gasteiger partial charge in [0.1, 0.15) is 4.32 Å². The number of hydrogen-bond donors (Lipinski definition) is 1. The molecule has 0 atom stereocenters. The van der Waals surface area contributed by atoms with E-state index in [2.05, 4.69) is 17.1 Å². The van der Waals surface area contributed by atoms with Crippen molar-refractivity contribution in [1.29, 1.82) is 0 Å². The quantitative estimate of drug-likeness (QED) is 0.571. The molecule has 1 heterocycles. The van der Waals surface area contributed by atoms with Crippen molar-refractivity contribution in [3.05, 3.63) is 29.3 Å². The highest BCUT2D eigenvalue weighted by Gasteiger charge is 2.19. The lowest BCUT2D eigenvalue weighted by Crippen LogP contribution is -2.36. The summed E-state index contributed by atoms with van der Waals surface area (Å²) in [5, 5.41) is 2.85. The molecule has 0 radical (unpaired) electrons. The lowest BCUT2D eigenvalue weighted by Gasteiger charge is -2.31. The van der Waals surface area contributed by atoms with E-state index in [1.807, 2.05) is 32.0 Å². The van der Waals surface area contributed by atoms with Gasteiger partial charge in [0.05, 0.1) is 5.75 Å². The van der Waals surface area contributed by atoms with Crippen molar-refractivity contribution in [1.82, 2.24) is 4.90 Å². The van der Waals surface area contributed by atoms with E-state index < -0.39 is 5.97 Å². The van der Waals surface area contributed by atoms with Gasteiger partial charge in [-0.15, -0.1) is 0 Å². The number of para-hydroxylation sites is 1. The fourth-order valence-electron chi connectivity index (χ4n) is 2.97. The van der Waals surface area contributed by atoms with E-state index in [1.165, 1.54) is 11.8 Å². The molecule has 1 N–H and O–H groups in total. The number of anilines is 1. The first-order chi connectivity index (χ1) is 12.9. The first-order valence-corrected chi connectivity index (χ1v) is 10.8. The Labute approximate surface area is 171 Å². The predicted molar refractivity (Wildman–Crippen MR) is 115 cm³/mol. The summed E-state index contributed by atoms with van der Waals surface area (Å²) in [4.78, 5) is 26.2. The maximum atomic E-state index is 12.1. The molecule has 0 bridgehead atoms. The van der Waals surface area contributed by atoms with E-state index >= 15 is 0 Å². The summed E-state index contributed by atoms with van der Waals surface area (Å²) in [5.74, 6) is 0.107. The Balaban J connectivity index is 1.72. The molecule has 0 unspecified atom stereocenters. The van der Waals surface area contributed by atoms with Gasteiger partial charge < -0.3 is 15.0 Å². The van der Waals surface area contributed by atoms with Gasteiger partial charge >= 0.3 is 5.97 Å². The standard InChI is InChI=1S/C20H28N2O3S2/c1-4-16-7-5-6-15(3)19(16)21-17(23)12-25-18(24)13-27-20(26)22-10-8-14(2)9-11-22/h5-7,14H,4,8-13H2,1-3H3,(H,21,23). The number of rotatable bonds is 6. The van der Waals surface area contributed by atoms with Crippen LogP contribution in [0.4, 0.5) is 5.69 Å². The molecule has 1 saturated heterocycles. The van der Waals surface area contributed by atoms with E-state index in [1.54, 1.807) is 0 Å². The number of esters is 1. The van der Waals surface area contributed by atoms with Gasteiger partial charge in [-0.3, -0.25) is 9.59 Å². The second-order valence-electron chi connectivity index (χ2n) is 6.90. The third kappa shape index (κ3) is 6.81. The largest absolute Gasteiger partial charge is 0.455 e. The van der Waals surface area contributed by atoms with E-state index in [-0.39, 0.29) is 18.3 Å². The molecule has 27 heavy (non-hydrogen) atoms. The number of ether oxygens (including phenoxy) is 1. The van der Waals surface area contributed by atoms with E-state index in [4.69, 9.17) is 17.0 Å². The summed E-state index contributed by atoms with van der Waals surface area (Å²) in [6, 6.07) is 5.89. The molecule has 0 aromatic heterocycles. The highest BCUT2D eigenvalue weighted by atomic mass is 32.2. The van der Waals surface area contributed by atoms with Crippen molar-refractivity contribution in [3.8, 4) is 0 Å². The maximum absolute atomic E-state index is 12.1. The Morgan fingerprint density at radius 2 is 2.04 bits per heavy atom. The summed E-state index contributed by atoms with van der Waals surface area (Å²) in [5.41, 5.74) is 2.85. The first kappa shape index (κ1) is 21.7. The van der Waals surface area contributed by atoms with Gasteiger partial charge in [-0.1, -0.05) is 56.0 Å². The van der Waals surface area contributed by atoms with Gasteiger partial charge in [-0.25, -0.2) is 0 Å². The Hall–Kier alpha value is -1.60. The number of hydrogen-bond acceptors (Lipinski definition) is 5. The van der Waals surface area contributed by atoms with Gasteiger partial charge in [0.2, 0.25) is 0 Å². The number of amides is 1. The molecule has 2 rings (SSSR count). The zero-order chi connectivity index (χ0) is 19.8. The molecule has 148 valence electrons. The molecular weight excluding hydrogens is 380 g/mol. The minimum atomic E-state index is -0.427. The molecule has 1 amide bonds. The molecule has 1 aromatic carbocycles. The highest BCUT2D eigenvalue weighted by Crippen LogP contribution is 2.21. The van der Waals surface area contributed by atoms with Crippen LogP contribution >= 0.6 is 24.0 Å². The van der Waals surface area contributed by atoms with Gasteiger partial charge in [0.25, 0.3) is 5.91 Å². The number of likely N-dealkylation sites (tertiary alicyclic amines) is 1. The normalized spacial score (nSPS) is 14.7. The van der Waals surface area contributed by atoms with Crippen LogP contribution in [0.1, 0.15) is 37.8 Å². The fraction of sp³-hybridized carbons (Fsp3) is 0.550. The van der Waals surface area contributed by atoms with E-state index in [0.717, 1.165) is 59.4 Å². The third-order valence-electron chi connectivity index (χ3n) is 4.72. The van der Waals surface area contributed by atoms with Crippen molar-refractivity contribution in [2.45, 2.75) is 40.0 Å². The third-order valence-corrected chi connectivity index (χ3v) is 6.22. The van der Waals surface area contributed by atoms with Gasteiger partial charge in [0.15, 0.2) is 6.61 Å². The van der Waals surface area contributed by atoms with Crippen LogP contribution in [0.2, 0.25) is 0 Å². The molecule has 5 nitrogen and oxygen atoms in total. The monoisotopic (exact) mass is 408 g/mol. The topological polar surface area (TPSA) is 58.6 Å². The highest BCUT2D eigenvalue weighted by molar-refractivity contribution is 8.23. The fourth-order valence-corrected chi connectivity index (χ4v) is 4.02. The van der Waals surface area contributed by atoms with Crippen molar-refractivity contribution in [3.63, 3.8) is 0 Å². The number of nitrogens with one attached hydrogen (secondary N) is 1. The number of carbonyl (C=O) groups is 2. The van der Waals surface area contributed by atoms with E-state index in [9.17, 15) is 9.59 Å². The lowest BCUT2D eigenvalue weighted by molar-refractivity contribution is -0.144. The second kappa shape index (κ2) is 10.7. The number of thioether (sulfide) groups is 1. The van der Waals surface area contributed by atoms with Crippen LogP contribution in [-0.4, -0.2) is 46.5 Å². The Morgan fingerprint density at radius 3 is 2.70 bits per heavy atom. The number of thiocarbonyl (C=S) groups is 1. The molecule has 1 fully saturated rings. The molecule has 1 aromatic rings. The predicted octanol–water partition coefficient (Wildman–Crippen LogP) is 3.79. The Bertz CT molecular complexity index is 686. The van der Waals surface area contributed by atoms with Crippen LogP contribution in [-0.2, 0) is 20.7 Å². The van der Waals surface area contributed by atoms with Gasteiger partial charge in [-0.05, 0) is 43.2 Å². The summed E-state index contributed by atoms with van der Waals surface area (Å²) in [6.45, 7) is 7.83. The van der Waals surface area contributed by atoms with Crippen LogP contribution in [0.25, 0.3) is 0 Å². The second-order valence-corrected chi connectivity index (χ2v) is 8.50. The Kier molecular flexibility index (Phi) is 8.57. The van der Waals surface area contributed by atoms with Gasteiger partial charge in [0, 0.05) is 18.8 Å². The SMILES string of the molecule is CCc1cccc(C)c1NC(=O)COC(=O)CSC(=S)N1CCC(C)CC1. The average molecular weight is 409 g/mol. The van der Waals surface area contributed by atoms with Gasteiger partial charge in [-0.2, -0.15) is 0 Å². The van der Waals surface area contributed by atoms with Crippen LogP contribution in [0.5, 0.6) is 0 Å². The summed E-state index contributed by atoms with van der Waals surface area (Å²) >= 11 is 6.70. The number of nitrogens with zero attached hydrogens (tertiary/aromatic N) is 1. The maximum Gasteiger partial charge on any atom is 0.316 e. The zero-order valence-corrected chi connectivity index (χ0v) is 17.9. The summed E-state index contributed by atoms with van der Waals surface area (Å²) in [7, 11) is 0. The number of benzene rings is 1. The molecule has 1 aliphatic rings. The summed E-state index contributed by atoms with van der Waals surface area (Å²) in [6.07, 6.45) is 3.08. The van der Waals surface area contributed by atoms with Crippen LogP contribution in [0, 0.1) is 12.8 Å². The van der Waals surface area contributed by atoms with Crippen molar-refractivity contribution < 1.29 is 14.3 Å². The van der Waals surface area contributed by atoms with Crippen LogP contribution < -0.4 is 5.32 Å². The van der Waals surface area contributed by atoms with E-state index in [0.29, 0.717) is 0 Å². The molecule has 1 aliphatic heterocycles. The minimum absolute atomic E-state index is 0.128.